The molecule has 1 aliphatic rings. The molecular weight excluding hydrogens is 386 g/mol. The fourth-order valence-corrected chi connectivity index (χ4v) is 3.74. The van der Waals surface area contributed by atoms with Crippen LogP contribution < -0.4 is 10.1 Å². The number of nitrogens with one attached hydrogen (secondary N) is 1. The largest absolute Gasteiger partial charge is 0.487 e. The van der Waals surface area contributed by atoms with Crippen LogP contribution in [0.25, 0.3) is 0 Å². The van der Waals surface area contributed by atoms with Gasteiger partial charge in [0, 0.05) is 35.3 Å². The monoisotopic (exact) mass is 407 g/mol. The lowest BCUT2D eigenvalue weighted by Crippen LogP contribution is -2.27. The van der Waals surface area contributed by atoms with Crippen LogP contribution in [0.4, 0.5) is 5.69 Å². The van der Waals surface area contributed by atoms with Gasteiger partial charge < -0.3 is 15.0 Å². The van der Waals surface area contributed by atoms with Crippen molar-refractivity contribution >= 4 is 28.8 Å². The highest BCUT2D eigenvalue weighted by Crippen LogP contribution is 2.18. The van der Waals surface area contributed by atoms with E-state index in [9.17, 15) is 9.59 Å². The van der Waals surface area contributed by atoms with Crippen LogP contribution >= 0.6 is 11.3 Å². The number of aromatic nitrogens is 1. The number of nitrogens with zero attached hydrogens (tertiary/aromatic N) is 2. The first-order chi connectivity index (χ1) is 14.2. The molecule has 0 spiro atoms. The molecule has 0 saturated carbocycles. The van der Waals surface area contributed by atoms with Gasteiger partial charge in [0.1, 0.15) is 12.4 Å². The number of anilines is 1. The van der Waals surface area contributed by atoms with Gasteiger partial charge in [-0.05, 0) is 55.3 Å². The maximum atomic E-state index is 12.6. The summed E-state index contributed by atoms with van der Waals surface area (Å²) in [6.45, 7) is 2.00. The van der Waals surface area contributed by atoms with E-state index in [1.54, 1.807) is 48.0 Å². The van der Waals surface area contributed by atoms with E-state index in [0.29, 0.717) is 29.2 Å². The van der Waals surface area contributed by atoms with Gasteiger partial charge in [0.25, 0.3) is 11.8 Å². The second kappa shape index (κ2) is 8.87. The van der Waals surface area contributed by atoms with Crippen LogP contribution in [0.3, 0.4) is 0 Å². The van der Waals surface area contributed by atoms with Crippen LogP contribution in [-0.4, -0.2) is 34.8 Å². The molecule has 3 aromatic rings. The molecule has 0 aliphatic carbocycles. The second-order valence-corrected chi connectivity index (χ2v) is 7.55. The van der Waals surface area contributed by atoms with Crippen molar-refractivity contribution in [2.45, 2.75) is 19.4 Å². The molecule has 1 aliphatic heterocycles. The van der Waals surface area contributed by atoms with Crippen LogP contribution in [-0.2, 0) is 6.61 Å². The standard InChI is InChI=1S/C22H21N3O3S/c26-21(17-4-3-5-20(12-17)28-13-19-14-29-15-23-19)24-18-8-6-16(7-9-18)22(27)25-10-1-2-11-25/h3-9,12,14-15H,1-2,10-11,13H2,(H,24,26). The molecule has 4 rings (SSSR count). The van der Waals surface area contributed by atoms with Crippen LogP contribution in [0.1, 0.15) is 39.3 Å². The average molecular weight is 407 g/mol. The van der Waals surface area contributed by atoms with Gasteiger partial charge in [-0.15, -0.1) is 11.3 Å². The molecule has 7 heteroatoms. The Labute approximate surface area is 173 Å². The summed E-state index contributed by atoms with van der Waals surface area (Å²) in [7, 11) is 0. The van der Waals surface area contributed by atoms with E-state index in [0.717, 1.165) is 31.6 Å². The van der Waals surface area contributed by atoms with Crippen molar-refractivity contribution in [1.82, 2.24) is 9.88 Å². The van der Waals surface area contributed by atoms with E-state index in [2.05, 4.69) is 10.3 Å². The second-order valence-electron chi connectivity index (χ2n) is 6.83. The molecule has 1 aromatic heterocycles. The predicted molar refractivity (Wildman–Crippen MR) is 112 cm³/mol. The Balaban J connectivity index is 1.37. The zero-order chi connectivity index (χ0) is 20.1. The molecule has 6 nitrogen and oxygen atoms in total. The SMILES string of the molecule is O=C(Nc1ccc(C(=O)N2CCCC2)cc1)c1cccc(OCc2cscn2)c1. The molecular formula is C22H21N3O3S. The van der Waals surface area contributed by atoms with Gasteiger partial charge in [0.2, 0.25) is 0 Å². The van der Waals surface area contributed by atoms with Crippen LogP contribution in [0.2, 0.25) is 0 Å². The van der Waals surface area contributed by atoms with Gasteiger partial charge in [-0.2, -0.15) is 0 Å². The van der Waals surface area contributed by atoms with Crippen LogP contribution in [0, 0.1) is 0 Å². The number of hydrogen-bond acceptors (Lipinski definition) is 5. The topological polar surface area (TPSA) is 71.5 Å². The van der Waals surface area contributed by atoms with Crippen molar-refractivity contribution < 1.29 is 14.3 Å². The Morgan fingerprint density at radius 1 is 1.07 bits per heavy atom. The fourth-order valence-electron chi connectivity index (χ4n) is 3.20. The number of thiazole rings is 1. The van der Waals surface area contributed by atoms with Crippen LogP contribution in [0.5, 0.6) is 5.75 Å². The predicted octanol–water partition coefficient (Wildman–Crippen LogP) is 4.21. The number of amides is 2. The summed E-state index contributed by atoms with van der Waals surface area (Å²) in [5, 5.41) is 4.79. The number of rotatable bonds is 6. The van der Waals surface area contributed by atoms with E-state index in [1.807, 2.05) is 16.3 Å². The number of carbonyl (C=O) groups excluding carboxylic acids is 2. The van der Waals surface area contributed by atoms with Gasteiger partial charge in [-0.25, -0.2) is 4.98 Å². The van der Waals surface area contributed by atoms with Crippen molar-refractivity contribution in [3.8, 4) is 5.75 Å². The quantitative estimate of drug-likeness (QED) is 0.664. The van der Waals surface area contributed by atoms with Crippen molar-refractivity contribution in [3.05, 3.63) is 76.2 Å². The summed E-state index contributed by atoms with van der Waals surface area (Å²) < 4.78 is 5.70. The average Bonchev–Trinajstić information content (AvgIpc) is 3.47. The number of benzene rings is 2. The van der Waals surface area contributed by atoms with E-state index in [4.69, 9.17) is 4.74 Å². The first kappa shape index (κ1) is 19.1. The van der Waals surface area contributed by atoms with Crippen molar-refractivity contribution in [2.75, 3.05) is 18.4 Å². The molecule has 29 heavy (non-hydrogen) atoms. The molecule has 2 amide bonds. The molecule has 148 valence electrons. The lowest BCUT2D eigenvalue weighted by atomic mass is 10.1. The molecule has 0 bridgehead atoms. The summed E-state index contributed by atoms with van der Waals surface area (Å²) in [5.41, 5.74) is 4.39. The smallest absolute Gasteiger partial charge is 0.255 e. The zero-order valence-corrected chi connectivity index (χ0v) is 16.7. The number of carbonyl (C=O) groups is 2. The number of ether oxygens (including phenoxy) is 1. The summed E-state index contributed by atoms with van der Waals surface area (Å²) in [6.07, 6.45) is 2.12. The van der Waals surface area contributed by atoms with Gasteiger partial charge in [-0.1, -0.05) is 6.07 Å². The zero-order valence-electron chi connectivity index (χ0n) is 15.8. The van der Waals surface area contributed by atoms with E-state index < -0.39 is 0 Å². The minimum atomic E-state index is -0.234. The highest BCUT2D eigenvalue weighted by Gasteiger charge is 2.19. The first-order valence-electron chi connectivity index (χ1n) is 9.50. The number of likely N-dealkylation sites (tertiary alicyclic amines) is 1. The Hall–Kier alpha value is -3.19. The molecule has 0 unspecified atom stereocenters. The van der Waals surface area contributed by atoms with Crippen molar-refractivity contribution in [2.24, 2.45) is 0 Å². The Morgan fingerprint density at radius 2 is 1.86 bits per heavy atom. The highest BCUT2D eigenvalue weighted by atomic mass is 32.1. The van der Waals surface area contributed by atoms with Crippen molar-refractivity contribution in [3.63, 3.8) is 0 Å². The van der Waals surface area contributed by atoms with Crippen LogP contribution in [0.15, 0.2) is 59.4 Å². The lowest BCUT2D eigenvalue weighted by Gasteiger charge is -2.15. The van der Waals surface area contributed by atoms with Gasteiger partial charge in [0.05, 0.1) is 11.2 Å². The van der Waals surface area contributed by atoms with Crippen molar-refractivity contribution in [1.29, 1.82) is 0 Å². The third-order valence-corrected chi connectivity index (χ3v) is 5.38. The van der Waals surface area contributed by atoms with Gasteiger partial charge in [-0.3, -0.25) is 9.59 Å². The summed E-state index contributed by atoms with van der Waals surface area (Å²) in [6, 6.07) is 14.0. The highest BCUT2D eigenvalue weighted by molar-refractivity contribution is 7.07. The van der Waals surface area contributed by atoms with Gasteiger partial charge >= 0.3 is 0 Å². The fraction of sp³-hybridized carbons (Fsp3) is 0.227. The van der Waals surface area contributed by atoms with E-state index in [1.165, 1.54) is 11.3 Å². The first-order valence-corrected chi connectivity index (χ1v) is 10.4. The molecule has 1 N–H and O–H groups in total. The summed E-state index contributed by atoms with van der Waals surface area (Å²) in [4.78, 5) is 31.0. The Morgan fingerprint density at radius 3 is 2.59 bits per heavy atom. The number of hydrogen-bond donors (Lipinski definition) is 1. The van der Waals surface area contributed by atoms with Gasteiger partial charge in [0.15, 0.2) is 0 Å². The molecule has 0 atom stereocenters. The maximum absolute atomic E-state index is 12.6. The Bertz CT molecular complexity index is 981. The molecule has 0 radical (unpaired) electrons. The van der Waals surface area contributed by atoms with E-state index in [-0.39, 0.29) is 11.8 Å². The molecule has 1 saturated heterocycles. The minimum absolute atomic E-state index is 0.0466. The molecule has 2 aromatic carbocycles. The van der Waals surface area contributed by atoms with E-state index >= 15 is 0 Å². The third-order valence-electron chi connectivity index (χ3n) is 4.75. The minimum Gasteiger partial charge on any atom is -0.487 e. The summed E-state index contributed by atoms with van der Waals surface area (Å²) >= 11 is 1.51. The molecule has 2 heterocycles. The molecule has 1 fully saturated rings. The Kier molecular flexibility index (Phi) is 5.86. The normalized spacial score (nSPS) is 13.3. The third kappa shape index (κ3) is 4.81. The maximum Gasteiger partial charge on any atom is 0.255 e. The summed E-state index contributed by atoms with van der Waals surface area (Å²) in [5.74, 6) is 0.422. The lowest BCUT2D eigenvalue weighted by molar-refractivity contribution is 0.0792.